The van der Waals surface area contributed by atoms with Crippen molar-refractivity contribution >= 4 is 28.9 Å². The van der Waals surface area contributed by atoms with Crippen molar-refractivity contribution in [1.29, 1.82) is 0 Å². The molecule has 3 heterocycles. The molecule has 0 saturated carbocycles. The molecule has 4 rings (SSSR count). The molecule has 1 aliphatic heterocycles. The Labute approximate surface area is 209 Å². The number of amidine groups is 1. The maximum absolute atomic E-state index is 14.3. The van der Waals surface area contributed by atoms with E-state index < -0.39 is 5.67 Å². The third kappa shape index (κ3) is 6.46. The van der Waals surface area contributed by atoms with Gasteiger partial charge in [0.1, 0.15) is 22.8 Å². The predicted octanol–water partition coefficient (Wildman–Crippen LogP) is 5.53. The van der Waals surface area contributed by atoms with Gasteiger partial charge in [-0.05, 0) is 63.1 Å². The van der Waals surface area contributed by atoms with E-state index in [1.165, 1.54) is 12.1 Å². The molecule has 0 bridgehead atoms. The Balaban J connectivity index is 1.64. The van der Waals surface area contributed by atoms with Gasteiger partial charge in [0, 0.05) is 38.6 Å². The van der Waals surface area contributed by atoms with Crippen LogP contribution in [-0.2, 0) is 0 Å². The number of aromatic nitrogens is 3. The Morgan fingerprint density at radius 1 is 1.29 bits per heavy atom. The zero-order chi connectivity index (χ0) is 25.0. The minimum Gasteiger partial charge on any atom is -0.323 e. The molecule has 1 aliphatic rings. The topological polar surface area (TPSA) is 57.8 Å². The minimum absolute atomic E-state index is 0.215. The van der Waals surface area contributed by atoms with Gasteiger partial charge in [0.15, 0.2) is 11.6 Å². The number of nitrogens with zero attached hydrogens (tertiary/aromatic N) is 5. The van der Waals surface area contributed by atoms with Gasteiger partial charge in [-0.25, -0.2) is 18.3 Å². The highest BCUT2D eigenvalue weighted by Gasteiger charge is 2.33. The van der Waals surface area contributed by atoms with E-state index in [4.69, 9.17) is 10.1 Å². The minimum atomic E-state index is -1.12. The quantitative estimate of drug-likeness (QED) is 0.327. The largest absolute Gasteiger partial charge is 0.323 e. The van der Waals surface area contributed by atoms with Crippen LogP contribution >= 0.6 is 11.8 Å². The number of likely N-dealkylation sites (tertiary alicyclic amines) is 1. The van der Waals surface area contributed by atoms with E-state index in [2.05, 4.69) is 15.2 Å². The van der Waals surface area contributed by atoms with Crippen LogP contribution in [0.5, 0.6) is 0 Å². The third-order valence-electron chi connectivity index (χ3n) is 5.92. The molecule has 2 aromatic heterocycles. The zero-order valence-electron chi connectivity index (χ0n) is 20.6. The summed E-state index contributed by atoms with van der Waals surface area (Å²) in [4.78, 5) is 11.4. The molecular formula is C26H32F2N6S. The smallest absolute Gasteiger partial charge is 0.169 e. The van der Waals surface area contributed by atoms with E-state index in [0.29, 0.717) is 30.4 Å². The third-order valence-corrected chi connectivity index (χ3v) is 7.16. The molecule has 1 N–H and O–H groups in total. The molecule has 0 aliphatic carbocycles. The number of hydrogen-bond donors (Lipinski definition) is 1. The van der Waals surface area contributed by atoms with Gasteiger partial charge in [0.05, 0.1) is 5.25 Å². The Morgan fingerprint density at radius 3 is 2.71 bits per heavy atom. The van der Waals surface area contributed by atoms with Crippen LogP contribution in [0.3, 0.4) is 0 Å². The van der Waals surface area contributed by atoms with E-state index in [1.807, 2.05) is 38.3 Å². The van der Waals surface area contributed by atoms with Crippen LogP contribution in [0.25, 0.3) is 5.52 Å². The lowest BCUT2D eigenvalue weighted by Gasteiger charge is -2.20. The van der Waals surface area contributed by atoms with E-state index in [9.17, 15) is 8.78 Å². The number of rotatable bonds is 8. The molecule has 0 amide bonds. The number of halogens is 2. The maximum Gasteiger partial charge on any atom is 0.169 e. The van der Waals surface area contributed by atoms with Crippen LogP contribution in [0.4, 0.5) is 14.6 Å². The predicted molar refractivity (Wildman–Crippen MR) is 141 cm³/mol. The molecule has 1 fully saturated rings. The van der Waals surface area contributed by atoms with E-state index >= 15 is 0 Å². The first-order valence-corrected chi connectivity index (χ1v) is 12.8. The lowest BCUT2D eigenvalue weighted by molar-refractivity contribution is 0.192. The number of benzene rings is 1. The number of allylic oxidation sites excluding steroid dienone is 1. The van der Waals surface area contributed by atoms with E-state index in [1.54, 1.807) is 42.4 Å². The Bertz CT molecular complexity index is 1210. The number of aliphatic imine (C=N–C) groups is 1. The average Bonchev–Trinajstić information content (AvgIpc) is 3.42. The van der Waals surface area contributed by atoms with Gasteiger partial charge in [0.25, 0.3) is 0 Å². The van der Waals surface area contributed by atoms with Gasteiger partial charge in [-0.1, -0.05) is 17.7 Å². The van der Waals surface area contributed by atoms with Crippen molar-refractivity contribution in [2.45, 2.75) is 38.1 Å². The maximum atomic E-state index is 14.3. The molecule has 186 valence electrons. The number of nitrogens with one attached hydrogen (secondary N) is 1. The molecule has 9 heteroatoms. The monoisotopic (exact) mass is 498 g/mol. The fourth-order valence-electron chi connectivity index (χ4n) is 4.17. The molecule has 6 nitrogen and oxygen atoms in total. The van der Waals surface area contributed by atoms with Crippen molar-refractivity contribution in [2.24, 2.45) is 4.99 Å². The van der Waals surface area contributed by atoms with Crippen LogP contribution in [-0.4, -0.2) is 63.4 Å². The normalized spacial score (nSPS) is 19.8. The molecule has 2 atom stereocenters. The fraction of sp³-hybridized carbons (Fsp3) is 0.423. The standard InChI is InChI=1S/C26H32F2N6S/c1-18(2)16-22(29-4)30-24-21-6-5-12-34(21)32-25(31-24)23(19-7-9-20(27)10-8-19)35-15-14-33-13-11-26(3,28)17-33/h5-10,12,16,23H,11,13-15,17H2,1-4H3,(H,29,30,31,32). The lowest BCUT2D eigenvalue weighted by atomic mass is 10.1. The summed E-state index contributed by atoms with van der Waals surface area (Å²) in [6, 6.07) is 10.3. The molecule has 0 spiro atoms. The molecule has 2 unspecified atom stereocenters. The van der Waals surface area contributed by atoms with Crippen LogP contribution in [0, 0.1) is 5.82 Å². The second-order valence-corrected chi connectivity index (χ2v) is 10.6. The first-order valence-electron chi connectivity index (χ1n) is 11.8. The van der Waals surface area contributed by atoms with E-state index in [-0.39, 0.29) is 11.1 Å². The highest BCUT2D eigenvalue weighted by molar-refractivity contribution is 7.99. The van der Waals surface area contributed by atoms with Crippen LogP contribution in [0.1, 0.15) is 43.8 Å². The van der Waals surface area contributed by atoms with Gasteiger partial charge in [0.2, 0.25) is 0 Å². The van der Waals surface area contributed by atoms with Gasteiger partial charge in [-0.2, -0.15) is 5.10 Å². The molecule has 35 heavy (non-hydrogen) atoms. The number of anilines is 1. The van der Waals surface area contributed by atoms with Gasteiger partial charge in [-0.3, -0.25) is 9.89 Å². The molecule has 1 saturated heterocycles. The summed E-state index contributed by atoms with van der Waals surface area (Å²) in [5.74, 6) is 2.45. The summed E-state index contributed by atoms with van der Waals surface area (Å²) in [5, 5.41) is 7.91. The molecular weight excluding hydrogens is 466 g/mol. The fourth-order valence-corrected chi connectivity index (χ4v) is 5.37. The van der Waals surface area contributed by atoms with Gasteiger partial charge >= 0.3 is 0 Å². The van der Waals surface area contributed by atoms with Crippen LogP contribution in [0.15, 0.2) is 59.2 Å². The van der Waals surface area contributed by atoms with Crippen molar-refractivity contribution in [3.63, 3.8) is 0 Å². The van der Waals surface area contributed by atoms with Crippen molar-refractivity contribution in [1.82, 2.24) is 19.5 Å². The number of fused-ring (bicyclic) bond motifs is 1. The van der Waals surface area contributed by atoms with Crippen LogP contribution < -0.4 is 5.32 Å². The van der Waals surface area contributed by atoms with Crippen molar-refractivity contribution in [3.8, 4) is 0 Å². The summed E-state index contributed by atoms with van der Waals surface area (Å²) in [6.07, 6.45) is 4.41. The van der Waals surface area contributed by atoms with Crippen LogP contribution in [0.2, 0.25) is 0 Å². The Kier molecular flexibility index (Phi) is 7.86. The number of hydrogen-bond acceptors (Lipinski definition) is 5. The number of thioether (sulfide) groups is 1. The van der Waals surface area contributed by atoms with E-state index in [0.717, 1.165) is 35.5 Å². The first kappa shape index (κ1) is 25.3. The summed E-state index contributed by atoms with van der Waals surface area (Å²) in [5.41, 5.74) is 1.75. The van der Waals surface area contributed by atoms with Crippen molar-refractivity contribution in [3.05, 3.63) is 71.4 Å². The zero-order valence-corrected chi connectivity index (χ0v) is 21.4. The van der Waals surface area contributed by atoms with Gasteiger partial charge in [-0.15, -0.1) is 11.8 Å². The molecule has 0 radical (unpaired) electrons. The van der Waals surface area contributed by atoms with Gasteiger partial charge < -0.3 is 5.32 Å². The highest BCUT2D eigenvalue weighted by atomic mass is 32.2. The Hall–Kier alpha value is -2.78. The highest BCUT2D eigenvalue weighted by Crippen LogP contribution is 2.35. The van der Waals surface area contributed by atoms with Crippen molar-refractivity contribution < 1.29 is 8.78 Å². The summed E-state index contributed by atoms with van der Waals surface area (Å²) >= 11 is 1.68. The first-order chi connectivity index (χ1) is 16.7. The average molecular weight is 499 g/mol. The SMILES string of the molecule is CN=C(C=C(C)C)Nc1nc(C(SCCN2CCC(C)(F)C2)c2ccc(F)cc2)nn2cccc12. The Morgan fingerprint density at radius 2 is 2.06 bits per heavy atom. The second-order valence-electron chi connectivity index (χ2n) is 9.35. The van der Waals surface area contributed by atoms with Crippen molar-refractivity contribution in [2.75, 3.05) is 37.8 Å². The number of alkyl halides is 1. The summed E-state index contributed by atoms with van der Waals surface area (Å²) in [6.45, 7) is 7.68. The molecule has 3 aromatic rings. The summed E-state index contributed by atoms with van der Waals surface area (Å²) < 4.78 is 29.7. The second kappa shape index (κ2) is 10.9. The lowest BCUT2D eigenvalue weighted by Crippen LogP contribution is -2.28. The molecule has 1 aromatic carbocycles. The summed E-state index contributed by atoms with van der Waals surface area (Å²) in [7, 11) is 1.73.